The fourth-order valence-electron chi connectivity index (χ4n) is 4.55. The first-order valence-corrected chi connectivity index (χ1v) is 11.9. The molecule has 0 bridgehead atoms. The van der Waals surface area contributed by atoms with Gasteiger partial charge in [0.15, 0.2) is 5.75 Å². The molecule has 35 heavy (non-hydrogen) atoms. The van der Waals surface area contributed by atoms with Crippen LogP contribution in [-0.2, 0) is 6.54 Å². The predicted molar refractivity (Wildman–Crippen MR) is 137 cm³/mol. The van der Waals surface area contributed by atoms with Gasteiger partial charge in [0.25, 0.3) is 0 Å². The molecule has 5 rings (SSSR count). The average Bonchev–Trinajstić information content (AvgIpc) is 3.03. The van der Waals surface area contributed by atoms with E-state index in [4.69, 9.17) is 14.5 Å². The van der Waals surface area contributed by atoms with E-state index in [2.05, 4.69) is 17.1 Å². The number of hydrogen-bond acceptors (Lipinski definition) is 5. The number of ether oxygens (including phenoxy) is 2. The van der Waals surface area contributed by atoms with E-state index in [-0.39, 0.29) is 12.1 Å². The highest BCUT2D eigenvalue weighted by Crippen LogP contribution is 2.40. The largest absolute Gasteiger partial charge is 0.497 e. The molecule has 3 aromatic rings. The van der Waals surface area contributed by atoms with Gasteiger partial charge in [0, 0.05) is 38.3 Å². The summed E-state index contributed by atoms with van der Waals surface area (Å²) in [6.07, 6.45) is 0. The highest BCUT2D eigenvalue weighted by Gasteiger charge is 2.31. The summed E-state index contributed by atoms with van der Waals surface area (Å²) in [7, 11) is 1.65. The van der Waals surface area contributed by atoms with Crippen LogP contribution in [0.3, 0.4) is 0 Å². The standard InChI is InChI=1S/C28H30N4O3/c1-19-9-12-24-26(15-19)35-25-16-22(34-3)10-11-23(25)27(30-24)31-13-14-32(20(2)18-31)28(33)29-17-21-7-5-4-6-8-21/h4-12,15-16,20H,13-14,17-18H2,1-3H3,(H,29,33). The molecule has 180 valence electrons. The predicted octanol–water partition coefficient (Wildman–Crippen LogP) is 5.10. The van der Waals surface area contributed by atoms with Crippen LogP contribution in [0.4, 0.5) is 10.5 Å². The van der Waals surface area contributed by atoms with Gasteiger partial charge in [-0.15, -0.1) is 0 Å². The number of rotatable bonds is 3. The van der Waals surface area contributed by atoms with Gasteiger partial charge in [-0.2, -0.15) is 0 Å². The van der Waals surface area contributed by atoms with E-state index in [0.717, 1.165) is 39.7 Å². The second kappa shape index (κ2) is 9.70. The van der Waals surface area contributed by atoms with Crippen LogP contribution in [0.15, 0.2) is 71.7 Å². The molecule has 3 aromatic carbocycles. The fraction of sp³-hybridized carbons (Fsp3) is 0.286. The van der Waals surface area contributed by atoms with Crippen molar-refractivity contribution in [2.24, 2.45) is 4.99 Å². The number of nitrogens with one attached hydrogen (secondary N) is 1. The lowest BCUT2D eigenvalue weighted by Crippen LogP contribution is -2.57. The zero-order chi connectivity index (χ0) is 24.4. The van der Waals surface area contributed by atoms with Crippen molar-refractivity contribution in [3.05, 3.63) is 83.4 Å². The molecule has 1 unspecified atom stereocenters. The lowest BCUT2D eigenvalue weighted by molar-refractivity contribution is 0.134. The van der Waals surface area contributed by atoms with Crippen LogP contribution in [0.1, 0.15) is 23.6 Å². The van der Waals surface area contributed by atoms with Crippen LogP contribution in [-0.4, -0.2) is 54.5 Å². The molecule has 2 amide bonds. The Labute approximate surface area is 206 Å². The number of hydrogen-bond donors (Lipinski definition) is 1. The minimum atomic E-state index is -0.0434. The quantitative estimate of drug-likeness (QED) is 0.578. The van der Waals surface area contributed by atoms with Crippen LogP contribution in [0.2, 0.25) is 0 Å². The maximum Gasteiger partial charge on any atom is 0.318 e. The molecule has 0 aliphatic carbocycles. The van der Waals surface area contributed by atoms with Gasteiger partial charge in [-0.3, -0.25) is 0 Å². The lowest BCUT2D eigenvalue weighted by Gasteiger charge is -2.41. The Morgan fingerprint density at radius 3 is 2.69 bits per heavy atom. The Hall–Kier alpha value is -4.00. The Kier molecular flexibility index (Phi) is 6.31. The lowest BCUT2D eigenvalue weighted by atomic mass is 10.1. The van der Waals surface area contributed by atoms with Gasteiger partial charge >= 0.3 is 6.03 Å². The smallest absolute Gasteiger partial charge is 0.318 e. The van der Waals surface area contributed by atoms with Crippen molar-refractivity contribution in [1.82, 2.24) is 15.1 Å². The second-order valence-electron chi connectivity index (χ2n) is 9.00. The van der Waals surface area contributed by atoms with Crippen molar-refractivity contribution in [3.63, 3.8) is 0 Å². The van der Waals surface area contributed by atoms with E-state index in [0.29, 0.717) is 31.9 Å². The first kappa shape index (κ1) is 22.8. The fourth-order valence-corrected chi connectivity index (χ4v) is 4.55. The molecule has 7 heteroatoms. The number of methoxy groups -OCH3 is 1. The monoisotopic (exact) mass is 470 g/mol. The molecule has 2 aliphatic rings. The van der Waals surface area contributed by atoms with Crippen LogP contribution in [0, 0.1) is 6.92 Å². The Morgan fingerprint density at radius 1 is 1.09 bits per heavy atom. The normalized spacial score (nSPS) is 16.9. The number of amidine groups is 1. The molecule has 0 saturated carbocycles. The molecule has 7 nitrogen and oxygen atoms in total. The summed E-state index contributed by atoms with van der Waals surface area (Å²) >= 11 is 0. The number of urea groups is 1. The molecule has 2 aliphatic heterocycles. The summed E-state index contributed by atoms with van der Waals surface area (Å²) in [5.74, 6) is 3.01. The topological polar surface area (TPSA) is 66.4 Å². The summed E-state index contributed by atoms with van der Waals surface area (Å²) in [6.45, 7) is 6.58. The van der Waals surface area contributed by atoms with Crippen molar-refractivity contribution in [2.45, 2.75) is 26.4 Å². The molecule has 1 N–H and O–H groups in total. The number of benzene rings is 3. The molecule has 1 saturated heterocycles. The zero-order valence-corrected chi connectivity index (χ0v) is 20.3. The third kappa shape index (κ3) is 4.80. The first-order chi connectivity index (χ1) is 17.0. The second-order valence-corrected chi connectivity index (χ2v) is 9.00. The summed E-state index contributed by atoms with van der Waals surface area (Å²) < 4.78 is 11.8. The summed E-state index contributed by atoms with van der Waals surface area (Å²) in [6, 6.07) is 21.8. The van der Waals surface area contributed by atoms with Crippen LogP contribution < -0.4 is 14.8 Å². The van der Waals surface area contributed by atoms with Gasteiger partial charge in [0.05, 0.1) is 12.7 Å². The SMILES string of the molecule is COc1ccc2c(c1)Oc1cc(C)ccc1N=C2N1CCN(C(=O)NCc2ccccc2)C(C)C1. The van der Waals surface area contributed by atoms with Gasteiger partial charge in [-0.25, -0.2) is 9.79 Å². The van der Waals surface area contributed by atoms with Gasteiger partial charge in [-0.1, -0.05) is 36.4 Å². The molecule has 0 radical (unpaired) electrons. The van der Waals surface area contributed by atoms with E-state index >= 15 is 0 Å². The van der Waals surface area contributed by atoms with Gasteiger partial charge in [0.1, 0.15) is 23.0 Å². The van der Waals surface area contributed by atoms with Gasteiger partial charge in [-0.05, 0) is 49.2 Å². The van der Waals surface area contributed by atoms with Crippen LogP contribution >= 0.6 is 0 Å². The Morgan fingerprint density at radius 2 is 1.91 bits per heavy atom. The van der Waals surface area contributed by atoms with Crippen molar-refractivity contribution >= 4 is 17.6 Å². The first-order valence-electron chi connectivity index (χ1n) is 11.9. The number of fused-ring (bicyclic) bond motifs is 2. The summed E-state index contributed by atoms with van der Waals surface area (Å²) in [4.78, 5) is 22.1. The maximum absolute atomic E-state index is 12.9. The molecule has 1 fully saturated rings. The minimum Gasteiger partial charge on any atom is -0.497 e. The van der Waals surface area contributed by atoms with Crippen LogP contribution in [0.25, 0.3) is 0 Å². The molecular weight excluding hydrogens is 440 g/mol. The molecule has 0 aromatic heterocycles. The van der Waals surface area contributed by atoms with Crippen molar-refractivity contribution in [2.75, 3.05) is 26.7 Å². The van der Waals surface area contributed by atoms with E-state index in [9.17, 15) is 4.79 Å². The van der Waals surface area contributed by atoms with Crippen molar-refractivity contribution in [1.29, 1.82) is 0 Å². The molecule has 0 spiro atoms. The van der Waals surface area contributed by atoms with Crippen molar-refractivity contribution < 1.29 is 14.3 Å². The highest BCUT2D eigenvalue weighted by molar-refractivity contribution is 6.04. The molecule has 2 heterocycles. The van der Waals surface area contributed by atoms with Crippen molar-refractivity contribution in [3.8, 4) is 17.2 Å². The molecular formula is C28H30N4O3. The van der Waals surface area contributed by atoms with E-state index in [1.165, 1.54) is 0 Å². The third-order valence-corrected chi connectivity index (χ3v) is 6.47. The van der Waals surface area contributed by atoms with E-state index in [1.54, 1.807) is 7.11 Å². The Balaban J connectivity index is 1.37. The number of aliphatic imine (C=N–C) groups is 1. The summed E-state index contributed by atoms with van der Waals surface area (Å²) in [5, 5.41) is 3.05. The van der Waals surface area contributed by atoms with Crippen LogP contribution in [0.5, 0.6) is 17.2 Å². The Bertz CT molecular complexity index is 1260. The minimum absolute atomic E-state index is 0.0191. The highest BCUT2D eigenvalue weighted by atomic mass is 16.5. The average molecular weight is 471 g/mol. The number of carbonyl (C=O) groups excluding carboxylic acids is 1. The number of piperazine rings is 1. The van der Waals surface area contributed by atoms with E-state index < -0.39 is 0 Å². The third-order valence-electron chi connectivity index (χ3n) is 6.47. The molecule has 1 atom stereocenters. The van der Waals surface area contributed by atoms with Gasteiger partial charge < -0.3 is 24.6 Å². The van der Waals surface area contributed by atoms with E-state index in [1.807, 2.05) is 78.6 Å². The maximum atomic E-state index is 12.9. The zero-order valence-electron chi connectivity index (χ0n) is 20.3. The number of aryl methyl sites for hydroxylation is 1. The van der Waals surface area contributed by atoms with Gasteiger partial charge in [0.2, 0.25) is 0 Å². The summed E-state index contributed by atoms with van der Waals surface area (Å²) in [5.41, 5.74) is 3.89. The number of carbonyl (C=O) groups is 1. The number of nitrogens with zero attached hydrogens (tertiary/aromatic N) is 3. The number of amides is 2.